The van der Waals surface area contributed by atoms with E-state index in [0.29, 0.717) is 0 Å². The number of benzene rings is 1. The monoisotopic (exact) mass is 288 g/mol. The first-order valence-electron chi connectivity index (χ1n) is 4.89. The fourth-order valence-corrected chi connectivity index (χ4v) is 1.74. The summed E-state index contributed by atoms with van der Waals surface area (Å²) in [5.74, 6) is 1.46. The highest BCUT2D eigenvalue weighted by atomic mass is 79.9. The molecule has 0 bridgehead atoms. The van der Waals surface area contributed by atoms with E-state index in [2.05, 4.69) is 21.4 Å². The van der Waals surface area contributed by atoms with E-state index in [1.165, 1.54) is 0 Å². The Bertz CT molecular complexity index is 356. The zero-order chi connectivity index (χ0) is 12.1. The van der Waals surface area contributed by atoms with Gasteiger partial charge >= 0.3 is 0 Å². The summed E-state index contributed by atoms with van der Waals surface area (Å²) in [6.45, 7) is 0.730. The minimum atomic E-state index is 0.725. The van der Waals surface area contributed by atoms with Crippen LogP contribution in [0, 0.1) is 0 Å². The van der Waals surface area contributed by atoms with Crippen LogP contribution in [0.4, 0.5) is 0 Å². The number of rotatable bonds is 5. The Morgan fingerprint density at radius 1 is 1.19 bits per heavy atom. The summed E-state index contributed by atoms with van der Waals surface area (Å²) >= 11 is 3.51. The lowest BCUT2D eigenvalue weighted by Gasteiger charge is -2.15. The van der Waals surface area contributed by atoms with Crippen LogP contribution in [0.1, 0.15) is 5.56 Å². The molecule has 0 unspecified atom stereocenters. The van der Waals surface area contributed by atoms with E-state index < -0.39 is 0 Å². The smallest absolute Gasteiger partial charge is 0.161 e. The van der Waals surface area contributed by atoms with Gasteiger partial charge in [0.25, 0.3) is 0 Å². The van der Waals surface area contributed by atoms with Crippen LogP contribution in [0.2, 0.25) is 0 Å². The van der Waals surface area contributed by atoms with Gasteiger partial charge in [-0.05, 0) is 17.7 Å². The number of ether oxygens (including phenoxy) is 2. The van der Waals surface area contributed by atoms with E-state index in [1.54, 1.807) is 14.2 Å². The van der Waals surface area contributed by atoms with Crippen molar-refractivity contribution >= 4 is 15.9 Å². The standard InChI is InChI=1S/C11H17BrN2O2/c1-14(2)13-7-8-5-10(15-3)11(16-4)6-9(8)12/h5-6,13H,7H2,1-4H3. The molecule has 0 atom stereocenters. The number of hydrogen-bond donors (Lipinski definition) is 1. The van der Waals surface area contributed by atoms with Gasteiger partial charge in [0.15, 0.2) is 11.5 Å². The van der Waals surface area contributed by atoms with Gasteiger partial charge in [0.1, 0.15) is 0 Å². The van der Waals surface area contributed by atoms with Gasteiger partial charge < -0.3 is 9.47 Å². The molecule has 1 rings (SSSR count). The number of nitrogens with zero attached hydrogens (tertiary/aromatic N) is 1. The van der Waals surface area contributed by atoms with E-state index in [0.717, 1.165) is 28.1 Å². The van der Waals surface area contributed by atoms with Crippen LogP contribution in [0.15, 0.2) is 16.6 Å². The molecule has 90 valence electrons. The summed E-state index contributed by atoms with van der Waals surface area (Å²) in [5, 5.41) is 1.91. The molecule has 0 aliphatic heterocycles. The van der Waals surface area contributed by atoms with Crippen LogP contribution in [-0.2, 0) is 6.54 Å². The van der Waals surface area contributed by atoms with Gasteiger partial charge in [-0.15, -0.1) is 0 Å². The lowest BCUT2D eigenvalue weighted by atomic mass is 10.2. The third-order valence-corrected chi connectivity index (χ3v) is 2.88. The Kier molecular flexibility index (Phi) is 5.05. The van der Waals surface area contributed by atoms with Crippen molar-refractivity contribution in [2.45, 2.75) is 6.54 Å². The predicted molar refractivity (Wildman–Crippen MR) is 67.8 cm³/mol. The first kappa shape index (κ1) is 13.3. The van der Waals surface area contributed by atoms with Gasteiger partial charge in [-0.3, -0.25) is 10.4 Å². The van der Waals surface area contributed by atoms with Crippen LogP contribution < -0.4 is 14.9 Å². The molecule has 0 amide bonds. The van der Waals surface area contributed by atoms with Crippen molar-refractivity contribution < 1.29 is 9.47 Å². The SMILES string of the molecule is COc1cc(Br)c(CNN(C)C)cc1OC. The van der Waals surface area contributed by atoms with E-state index in [1.807, 2.05) is 31.2 Å². The Labute approximate surface area is 105 Å². The van der Waals surface area contributed by atoms with Crippen molar-refractivity contribution in [2.75, 3.05) is 28.3 Å². The molecular weight excluding hydrogens is 272 g/mol. The molecule has 0 spiro atoms. The van der Waals surface area contributed by atoms with Crippen LogP contribution in [-0.4, -0.2) is 33.3 Å². The molecule has 0 fully saturated rings. The van der Waals surface area contributed by atoms with Crippen molar-refractivity contribution in [3.63, 3.8) is 0 Å². The zero-order valence-corrected chi connectivity index (χ0v) is 11.6. The van der Waals surface area contributed by atoms with E-state index in [-0.39, 0.29) is 0 Å². The van der Waals surface area contributed by atoms with Crippen LogP contribution in [0.3, 0.4) is 0 Å². The Morgan fingerprint density at radius 2 is 1.75 bits per heavy atom. The molecule has 0 saturated heterocycles. The Morgan fingerprint density at radius 3 is 2.25 bits per heavy atom. The van der Waals surface area contributed by atoms with Crippen molar-refractivity contribution in [3.05, 3.63) is 22.2 Å². The molecule has 1 N–H and O–H groups in total. The average Bonchev–Trinajstić information content (AvgIpc) is 2.26. The molecule has 0 saturated carbocycles. The maximum atomic E-state index is 5.25. The summed E-state index contributed by atoms with van der Waals surface area (Å²) < 4.78 is 11.5. The average molecular weight is 289 g/mol. The summed E-state index contributed by atoms with van der Waals surface area (Å²) in [6, 6.07) is 3.87. The predicted octanol–water partition coefficient (Wildman–Crippen LogP) is 2.03. The van der Waals surface area contributed by atoms with E-state index in [4.69, 9.17) is 9.47 Å². The number of nitrogens with one attached hydrogen (secondary N) is 1. The molecule has 0 heterocycles. The molecular formula is C11H17BrN2O2. The lowest BCUT2D eigenvalue weighted by Crippen LogP contribution is -2.29. The second-order valence-electron chi connectivity index (χ2n) is 3.53. The number of hydrazine groups is 1. The van der Waals surface area contributed by atoms with Crippen LogP contribution in [0.5, 0.6) is 11.5 Å². The molecule has 4 nitrogen and oxygen atoms in total. The summed E-state index contributed by atoms with van der Waals surface area (Å²) in [4.78, 5) is 0. The Hall–Kier alpha value is -0.780. The van der Waals surface area contributed by atoms with Gasteiger partial charge in [0.2, 0.25) is 0 Å². The fourth-order valence-electron chi connectivity index (χ4n) is 1.28. The van der Waals surface area contributed by atoms with Gasteiger partial charge in [-0.1, -0.05) is 15.9 Å². The molecule has 16 heavy (non-hydrogen) atoms. The third kappa shape index (κ3) is 3.37. The van der Waals surface area contributed by atoms with Crippen molar-refractivity contribution in [1.82, 2.24) is 10.4 Å². The summed E-state index contributed by atoms with van der Waals surface area (Å²) in [5.41, 5.74) is 4.32. The summed E-state index contributed by atoms with van der Waals surface area (Å²) in [6.07, 6.45) is 0. The largest absolute Gasteiger partial charge is 0.493 e. The van der Waals surface area contributed by atoms with E-state index >= 15 is 0 Å². The van der Waals surface area contributed by atoms with Crippen LogP contribution >= 0.6 is 15.9 Å². The second-order valence-corrected chi connectivity index (χ2v) is 4.38. The fraction of sp³-hybridized carbons (Fsp3) is 0.455. The maximum absolute atomic E-state index is 5.25. The lowest BCUT2D eigenvalue weighted by molar-refractivity contribution is 0.285. The highest BCUT2D eigenvalue weighted by Crippen LogP contribution is 2.33. The normalized spacial score (nSPS) is 10.6. The first-order valence-corrected chi connectivity index (χ1v) is 5.69. The maximum Gasteiger partial charge on any atom is 0.161 e. The molecule has 1 aromatic rings. The molecule has 0 aliphatic carbocycles. The molecule has 1 aromatic carbocycles. The number of halogens is 1. The second kappa shape index (κ2) is 6.08. The highest BCUT2D eigenvalue weighted by molar-refractivity contribution is 9.10. The van der Waals surface area contributed by atoms with Crippen molar-refractivity contribution in [1.29, 1.82) is 0 Å². The zero-order valence-electron chi connectivity index (χ0n) is 10.0. The number of hydrogen-bond acceptors (Lipinski definition) is 4. The topological polar surface area (TPSA) is 33.7 Å². The quantitative estimate of drug-likeness (QED) is 0.841. The minimum absolute atomic E-state index is 0.725. The van der Waals surface area contributed by atoms with Crippen molar-refractivity contribution in [2.24, 2.45) is 0 Å². The van der Waals surface area contributed by atoms with E-state index in [9.17, 15) is 0 Å². The summed E-state index contributed by atoms with van der Waals surface area (Å²) in [7, 11) is 7.17. The highest BCUT2D eigenvalue weighted by Gasteiger charge is 2.09. The van der Waals surface area contributed by atoms with Gasteiger partial charge in [0.05, 0.1) is 14.2 Å². The number of methoxy groups -OCH3 is 2. The third-order valence-electron chi connectivity index (χ3n) is 2.14. The van der Waals surface area contributed by atoms with Crippen LogP contribution in [0.25, 0.3) is 0 Å². The Balaban J connectivity index is 2.92. The van der Waals surface area contributed by atoms with Gasteiger partial charge in [-0.2, -0.15) is 0 Å². The first-order chi connectivity index (χ1) is 7.58. The molecule has 5 heteroatoms. The minimum Gasteiger partial charge on any atom is -0.493 e. The van der Waals surface area contributed by atoms with Gasteiger partial charge in [-0.25, -0.2) is 0 Å². The van der Waals surface area contributed by atoms with Gasteiger partial charge in [0, 0.05) is 25.1 Å². The molecule has 0 radical (unpaired) electrons. The van der Waals surface area contributed by atoms with Crippen molar-refractivity contribution in [3.8, 4) is 11.5 Å². The molecule has 0 aromatic heterocycles. The molecule has 0 aliphatic rings.